The molecule has 6 heteroatoms. The van der Waals surface area contributed by atoms with Gasteiger partial charge in [-0.3, -0.25) is 9.79 Å². The maximum absolute atomic E-state index is 12.7. The van der Waals surface area contributed by atoms with Crippen molar-refractivity contribution in [1.29, 1.82) is 0 Å². The molecule has 3 aliphatic rings. The van der Waals surface area contributed by atoms with E-state index in [1.165, 1.54) is 0 Å². The highest BCUT2D eigenvalue weighted by atomic mass is 16.2. The van der Waals surface area contributed by atoms with Crippen LogP contribution in [0.5, 0.6) is 0 Å². The average Bonchev–Trinajstić information content (AvgIpc) is 3.20. The molecule has 0 bridgehead atoms. The van der Waals surface area contributed by atoms with E-state index in [2.05, 4.69) is 5.32 Å². The molecule has 1 aromatic carbocycles. The summed E-state index contributed by atoms with van der Waals surface area (Å²) in [6, 6.07) is 9.37. The molecule has 0 unspecified atom stereocenters. The maximum atomic E-state index is 12.7. The molecule has 1 aliphatic carbocycles. The first-order valence-electron chi connectivity index (χ1n) is 8.47. The fraction of sp³-hybridized carbons (Fsp3) is 0.500. The number of nitrogens with zero attached hydrogens (tertiary/aromatic N) is 3. The maximum Gasteiger partial charge on any atom is 0.321 e. The number of amidine groups is 1. The average molecular weight is 326 g/mol. The van der Waals surface area contributed by atoms with Crippen molar-refractivity contribution in [2.75, 3.05) is 25.5 Å². The normalized spacial score (nSPS) is 31.6. The fourth-order valence-electron chi connectivity index (χ4n) is 4.44. The van der Waals surface area contributed by atoms with Crippen LogP contribution in [0.3, 0.4) is 0 Å². The molecule has 0 radical (unpaired) electrons. The predicted octanol–water partition coefficient (Wildman–Crippen LogP) is 2.19. The van der Waals surface area contributed by atoms with Crippen LogP contribution in [-0.2, 0) is 4.79 Å². The van der Waals surface area contributed by atoms with Crippen LogP contribution in [0.1, 0.15) is 19.8 Å². The van der Waals surface area contributed by atoms with Crippen LogP contribution in [0.4, 0.5) is 10.5 Å². The Morgan fingerprint density at radius 1 is 1.29 bits per heavy atom. The van der Waals surface area contributed by atoms with E-state index in [1.54, 1.807) is 11.9 Å². The van der Waals surface area contributed by atoms with E-state index < -0.39 is 5.54 Å². The zero-order chi connectivity index (χ0) is 16.9. The van der Waals surface area contributed by atoms with Gasteiger partial charge in [0.15, 0.2) is 0 Å². The second-order valence-corrected chi connectivity index (χ2v) is 7.05. The number of likely N-dealkylation sites (N-methyl/N-ethyl adjacent to an activating group) is 1. The van der Waals surface area contributed by atoms with Gasteiger partial charge in [-0.25, -0.2) is 4.79 Å². The molecule has 3 atom stereocenters. The fourth-order valence-corrected chi connectivity index (χ4v) is 4.44. The zero-order valence-corrected chi connectivity index (χ0v) is 14.0. The lowest BCUT2D eigenvalue weighted by Gasteiger charge is -2.27. The Labute approximate surface area is 141 Å². The first-order valence-corrected chi connectivity index (χ1v) is 8.47. The smallest absolute Gasteiger partial charge is 0.321 e. The van der Waals surface area contributed by atoms with Gasteiger partial charge in [0, 0.05) is 31.7 Å². The number of amides is 3. The number of carbonyl (C=O) groups excluding carboxylic acids is 2. The number of hydrogen-bond acceptors (Lipinski definition) is 3. The Balaban J connectivity index is 1.51. The third kappa shape index (κ3) is 2.12. The minimum absolute atomic E-state index is 0.0924. The van der Waals surface area contributed by atoms with Crippen LogP contribution in [0, 0.1) is 11.8 Å². The quantitative estimate of drug-likeness (QED) is 0.860. The summed E-state index contributed by atoms with van der Waals surface area (Å²) in [5.41, 5.74) is 0.158. The molecule has 2 fully saturated rings. The summed E-state index contributed by atoms with van der Waals surface area (Å²) in [5, 5.41) is 2.94. The summed E-state index contributed by atoms with van der Waals surface area (Å²) in [7, 11) is 1.79. The number of likely N-dealkylation sites (tertiary alicyclic amines) is 1. The summed E-state index contributed by atoms with van der Waals surface area (Å²) in [6.45, 7) is 3.19. The van der Waals surface area contributed by atoms with E-state index in [0.717, 1.165) is 24.4 Å². The molecule has 2 heterocycles. The molecule has 0 aromatic heterocycles. The highest BCUT2D eigenvalue weighted by molar-refractivity contribution is 6.07. The number of aliphatic imine (C=N–C) groups is 1. The first-order chi connectivity index (χ1) is 11.5. The molecule has 4 rings (SSSR count). The van der Waals surface area contributed by atoms with Gasteiger partial charge in [-0.15, -0.1) is 0 Å². The Bertz CT molecular complexity index is 717. The molecule has 2 aliphatic heterocycles. The topological polar surface area (TPSA) is 65.0 Å². The predicted molar refractivity (Wildman–Crippen MR) is 91.9 cm³/mol. The number of fused-ring (bicyclic) bond motifs is 2. The highest BCUT2D eigenvalue weighted by Gasteiger charge is 2.60. The summed E-state index contributed by atoms with van der Waals surface area (Å²) < 4.78 is 0. The van der Waals surface area contributed by atoms with Crippen molar-refractivity contribution in [3.63, 3.8) is 0 Å². The molecular weight excluding hydrogens is 304 g/mol. The van der Waals surface area contributed by atoms with Gasteiger partial charge in [-0.2, -0.15) is 0 Å². The van der Waals surface area contributed by atoms with Crippen molar-refractivity contribution in [3.8, 4) is 0 Å². The zero-order valence-electron chi connectivity index (χ0n) is 14.0. The van der Waals surface area contributed by atoms with Crippen molar-refractivity contribution in [1.82, 2.24) is 9.80 Å². The van der Waals surface area contributed by atoms with E-state index in [9.17, 15) is 9.59 Å². The van der Waals surface area contributed by atoms with Gasteiger partial charge in [-0.1, -0.05) is 18.2 Å². The van der Waals surface area contributed by atoms with Crippen LogP contribution >= 0.6 is 0 Å². The van der Waals surface area contributed by atoms with Crippen molar-refractivity contribution in [2.45, 2.75) is 25.3 Å². The Morgan fingerprint density at radius 2 is 2.04 bits per heavy atom. The third-order valence-corrected chi connectivity index (χ3v) is 5.78. The van der Waals surface area contributed by atoms with E-state index in [-0.39, 0.29) is 17.9 Å². The third-order valence-electron chi connectivity index (χ3n) is 5.78. The monoisotopic (exact) mass is 326 g/mol. The van der Waals surface area contributed by atoms with Crippen LogP contribution in [0.25, 0.3) is 0 Å². The van der Waals surface area contributed by atoms with Crippen molar-refractivity contribution < 1.29 is 9.59 Å². The van der Waals surface area contributed by atoms with Crippen LogP contribution in [-0.4, -0.2) is 53.2 Å². The van der Waals surface area contributed by atoms with Gasteiger partial charge in [0.05, 0.1) is 0 Å². The van der Waals surface area contributed by atoms with Gasteiger partial charge < -0.3 is 15.1 Å². The van der Waals surface area contributed by atoms with Gasteiger partial charge in [0.25, 0.3) is 5.91 Å². The van der Waals surface area contributed by atoms with Gasteiger partial charge >= 0.3 is 6.03 Å². The first kappa shape index (κ1) is 15.2. The van der Waals surface area contributed by atoms with Gasteiger partial charge in [0.1, 0.15) is 11.4 Å². The van der Waals surface area contributed by atoms with Crippen LogP contribution in [0.15, 0.2) is 35.3 Å². The number of rotatable bonds is 1. The van der Waals surface area contributed by atoms with Crippen molar-refractivity contribution in [2.24, 2.45) is 16.8 Å². The van der Waals surface area contributed by atoms with Gasteiger partial charge in [0.2, 0.25) is 0 Å². The number of urea groups is 1. The minimum Gasteiger partial charge on any atom is -0.324 e. The molecule has 126 valence electrons. The highest BCUT2D eigenvalue weighted by Crippen LogP contribution is 2.50. The molecular formula is C18H22N4O2. The number of benzene rings is 1. The number of hydrogen-bond donors (Lipinski definition) is 1. The summed E-state index contributed by atoms with van der Waals surface area (Å²) in [4.78, 5) is 33.5. The molecule has 1 spiro atoms. The van der Waals surface area contributed by atoms with E-state index in [0.29, 0.717) is 19.0 Å². The molecule has 6 nitrogen and oxygen atoms in total. The second kappa shape index (κ2) is 5.33. The number of para-hydroxylation sites is 1. The molecule has 1 saturated carbocycles. The van der Waals surface area contributed by atoms with Crippen molar-refractivity contribution >= 4 is 23.5 Å². The Hall–Kier alpha value is -2.37. The molecule has 24 heavy (non-hydrogen) atoms. The van der Waals surface area contributed by atoms with Gasteiger partial charge in [-0.05, 0) is 37.8 Å². The number of carbonyl (C=O) groups is 2. The number of anilines is 1. The SMILES string of the molecule is CC1=N[C@@]2(CC[C@@H]3CN(C(=O)Nc4ccccc4)C[C@@H]32)C(=O)N1C. The van der Waals surface area contributed by atoms with Crippen molar-refractivity contribution in [3.05, 3.63) is 30.3 Å². The Morgan fingerprint density at radius 3 is 2.71 bits per heavy atom. The largest absolute Gasteiger partial charge is 0.324 e. The molecule has 1 saturated heterocycles. The molecule has 3 amide bonds. The van der Waals surface area contributed by atoms with E-state index >= 15 is 0 Å². The minimum atomic E-state index is -0.634. The summed E-state index contributed by atoms with van der Waals surface area (Å²) >= 11 is 0. The lowest BCUT2D eigenvalue weighted by molar-refractivity contribution is -0.131. The summed E-state index contributed by atoms with van der Waals surface area (Å²) in [6.07, 6.45) is 1.76. The standard InChI is InChI=1S/C18H22N4O2/c1-12-20-18(16(23)21(12)2)9-8-13-10-22(11-15(13)18)17(24)19-14-6-4-3-5-7-14/h3-7,13,15H,8-11H2,1-2H3,(H,19,24)/t13-,15+,18-/m1/s1. The molecule has 1 N–H and O–H groups in total. The summed E-state index contributed by atoms with van der Waals surface area (Å²) in [5.74, 6) is 1.37. The Kier molecular flexibility index (Phi) is 3.37. The van der Waals surface area contributed by atoms with Crippen LogP contribution < -0.4 is 5.32 Å². The number of nitrogens with one attached hydrogen (secondary N) is 1. The second-order valence-electron chi connectivity index (χ2n) is 7.05. The lowest BCUT2D eigenvalue weighted by atomic mass is 9.85. The van der Waals surface area contributed by atoms with Crippen LogP contribution in [0.2, 0.25) is 0 Å². The van der Waals surface area contributed by atoms with E-state index in [1.807, 2.05) is 42.2 Å². The molecule has 1 aromatic rings. The van der Waals surface area contributed by atoms with E-state index in [4.69, 9.17) is 4.99 Å². The lowest BCUT2D eigenvalue weighted by Crippen LogP contribution is -2.46.